The van der Waals surface area contributed by atoms with Crippen LogP contribution in [0.2, 0.25) is 5.02 Å². The first-order valence-electron chi connectivity index (χ1n) is 12.9. The molecule has 1 amide bonds. The first kappa shape index (κ1) is 25.0. The number of amides is 1. The van der Waals surface area contributed by atoms with Gasteiger partial charge in [-0.15, -0.1) is 0 Å². The molecule has 0 spiro atoms. The van der Waals surface area contributed by atoms with Gasteiger partial charge in [-0.2, -0.15) is 0 Å². The average Bonchev–Trinajstić information content (AvgIpc) is 3.45. The quantitative estimate of drug-likeness (QED) is 0.257. The van der Waals surface area contributed by atoms with E-state index in [0.717, 1.165) is 29.5 Å². The van der Waals surface area contributed by atoms with Gasteiger partial charge in [0, 0.05) is 10.6 Å². The lowest BCUT2D eigenvalue weighted by Gasteiger charge is -2.19. The van der Waals surface area contributed by atoms with E-state index in [2.05, 4.69) is 5.32 Å². The molecule has 0 aliphatic carbocycles. The topological polar surface area (TPSA) is 73.2 Å². The number of aromatic nitrogens is 2. The van der Waals surface area contributed by atoms with Gasteiger partial charge in [0.15, 0.2) is 0 Å². The molecule has 1 saturated heterocycles. The van der Waals surface area contributed by atoms with Crippen LogP contribution in [-0.2, 0) is 11.3 Å². The molecule has 1 fully saturated rings. The van der Waals surface area contributed by atoms with Gasteiger partial charge in [0.2, 0.25) is 5.95 Å². The third-order valence-corrected chi connectivity index (χ3v) is 7.31. The van der Waals surface area contributed by atoms with Crippen molar-refractivity contribution >= 4 is 34.4 Å². The van der Waals surface area contributed by atoms with Crippen LogP contribution in [0.4, 0.5) is 5.95 Å². The lowest BCUT2D eigenvalue weighted by Crippen LogP contribution is -2.31. The number of nitrogens with zero attached hydrogens (tertiary/aromatic N) is 2. The zero-order valence-electron chi connectivity index (χ0n) is 21.1. The number of hydrogen-bond donors (Lipinski definition) is 1. The minimum absolute atomic E-state index is 0.0767. The predicted octanol–water partition coefficient (Wildman–Crippen LogP) is 6.89. The molecular formula is C32H26ClN3O3. The van der Waals surface area contributed by atoms with Crippen molar-refractivity contribution in [1.29, 1.82) is 0 Å². The maximum Gasteiger partial charge on any atom is 0.262 e. The van der Waals surface area contributed by atoms with Crippen molar-refractivity contribution < 1.29 is 9.53 Å². The highest BCUT2D eigenvalue weighted by atomic mass is 35.5. The summed E-state index contributed by atoms with van der Waals surface area (Å²) < 4.78 is 7.86. The van der Waals surface area contributed by atoms with Crippen molar-refractivity contribution in [1.82, 2.24) is 9.55 Å². The fourth-order valence-electron chi connectivity index (χ4n) is 5.03. The van der Waals surface area contributed by atoms with E-state index in [4.69, 9.17) is 21.3 Å². The fraction of sp³-hybridized carbons (Fsp3) is 0.156. The number of benzene rings is 4. The Kier molecular flexibility index (Phi) is 6.97. The summed E-state index contributed by atoms with van der Waals surface area (Å²) in [5, 5.41) is 4.05. The van der Waals surface area contributed by atoms with Gasteiger partial charge in [-0.3, -0.25) is 19.5 Å². The highest BCUT2D eigenvalue weighted by Gasteiger charge is 2.28. The van der Waals surface area contributed by atoms with E-state index in [-0.39, 0.29) is 36.2 Å². The number of nitrogens with one attached hydrogen (secondary N) is 1. The van der Waals surface area contributed by atoms with E-state index < -0.39 is 0 Å². The largest absolute Gasteiger partial charge is 0.368 e. The fourth-order valence-corrected chi connectivity index (χ4v) is 5.15. The smallest absolute Gasteiger partial charge is 0.262 e. The van der Waals surface area contributed by atoms with Gasteiger partial charge in [0.25, 0.3) is 11.5 Å². The summed E-state index contributed by atoms with van der Waals surface area (Å²) >= 11 is 6.05. The van der Waals surface area contributed by atoms with Crippen LogP contribution in [0.25, 0.3) is 22.0 Å². The van der Waals surface area contributed by atoms with E-state index in [0.29, 0.717) is 21.5 Å². The second kappa shape index (κ2) is 10.8. The van der Waals surface area contributed by atoms with Crippen molar-refractivity contribution in [3.05, 3.63) is 130 Å². The van der Waals surface area contributed by atoms with Crippen LogP contribution in [0.3, 0.4) is 0 Å². The number of rotatable bonds is 6. The monoisotopic (exact) mass is 535 g/mol. The summed E-state index contributed by atoms with van der Waals surface area (Å²) in [6, 6.07) is 32.1. The maximum atomic E-state index is 13.8. The summed E-state index contributed by atoms with van der Waals surface area (Å²) in [5.74, 6) is -0.133. The minimum Gasteiger partial charge on any atom is -0.368 e. The zero-order valence-corrected chi connectivity index (χ0v) is 21.8. The summed E-state index contributed by atoms with van der Waals surface area (Å²) in [4.78, 5) is 31.7. The SMILES string of the molecule is O=C(Nc1nc2cc(-c3ccccc3)ccc2c(=O)n1CC1CCC(c2ccc(Cl)cc2)O1)c1ccccc1. The molecule has 5 aromatic rings. The number of carbonyl (C=O) groups is 1. The Balaban J connectivity index is 1.36. The van der Waals surface area contributed by atoms with E-state index in [9.17, 15) is 9.59 Å². The van der Waals surface area contributed by atoms with Crippen molar-refractivity contribution in [2.75, 3.05) is 5.32 Å². The summed E-state index contributed by atoms with van der Waals surface area (Å²) in [5.41, 5.74) is 3.80. The van der Waals surface area contributed by atoms with Gasteiger partial charge in [0.1, 0.15) is 0 Å². The van der Waals surface area contributed by atoms with E-state index >= 15 is 0 Å². The molecule has 2 atom stereocenters. The summed E-state index contributed by atoms with van der Waals surface area (Å²) in [6.07, 6.45) is 1.32. The maximum absolute atomic E-state index is 13.8. The second-order valence-corrected chi connectivity index (χ2v) is 10.1. The molecule has 1 N–H and O–H groups in total. The number of fused-ring (bicyclic) bond motifs is 1. The van der Waals surface area contributed by atoms with Gasteiger partial charge in [-0.05, 0) is 65.9 Å². The molecular weight excluding hydrogens is 510 g/mol. The second-order valence-electron chi connectivity index (χ2n) is 9.64. The van der Waals surface area contributed by atoms with Gasteiger partial charge < -0.3 is 4.74 Å². The van der Waals surface area contributed by atoms with Crippen LogP contribution in [0, 0.1) is 0 Å². The molecule has 0 saturated carbocycles. The normalized spacial score (nSPS) is 16.8. The van der Waals surface area contributed by atoms with Crippen molar-refractivity contribution in [3.63, 3.8) is 0 Å². The Hall–Kier alpha value is -4.26. The Morgan fingerprint density at radius 2 is 1.62 bits per heavy atom. The average molecular weight is 536 g/mol. The molecule has 39 heavy (non-hydrogen) atoms. The first-order chi connectivity index (χ1) is 19.0. The highest BCUT2D eigenvalue weighted by molar-refractivity contribution is 6.30. The lowest BCUT2D eigenvalue weighted by atomic mass is 10.0. The molecule has 4 aromatic carbocycles. The molecule has 2 unspecified atom stereocenters. The van der Waals surface area contributed by atoms with Gasteiger partial charge in [-0.1, -0.05) is 78.3 Å². The van der Waals surface area contributed by atoms with E-state index in [1.54, 1.807) is 30.3 Å². The predicted molar refractivity (Wildman–Crippen MR) is 154 cm³/mol. The Bertz CT molecular complexity index is 1690. The Morgan fingerprint density at radius 1 is 0.897 bits per heavy atom. The summed E-state index contributed by atoms with van der Waals surface area (Å²) in [6.45, 7) is 0.275. The van der Waals surface area contributed by atoms with Crippen LogP contribution >= 0.6 is 11.6 Å². The molecule has 1 aliphatic rings. The molecule has 0 radical (unpaired) electrons. The molecule has 1 aromatic heterocycles. The molecule has 2 heterocycles. The first-order valence-corrected chi connectivity index (χ1v) is 13.3. The molecule has 6 nitrogen and oxygen atoms in total. The van der Waals surface area contributed by atoms with Crippen LogP contribution in [0.1, 0.15) is 34.9 Å². The van der Waals surface area contributed by atoms with Gasteiger partial charge >= 0.3 is 0 Å². The number of halogens is 1. The van der Waals surface area contributed by atoms with Gasteiger partial charge in [0.05, 0.1) is 29.7 Å². The Morgan fingerprint density at radius 3 is 2.36 bits per heavy atom. The third kappa shape index (κ3) is 5.35. The molecule has 194 valence electrons. The van der Waals surface area contributed by atoms with E-state index in [1.807, 2.05) is 72.8 Å². The highest BCUT2D eigenvalue weighted by Crippen LogP contribution is 2.34. The summed E-state index contributed by atoms with van der Waals surface area (Å²) in [7, 11) is 0. The standard InChI is InChI=1S/C32H26ClN3O3/c33-25-14-11-22(12-15-25)29-18-16-26(39-29)20-36-31(38)27-17-13-24(21-7-3-1-4-8-21)19-28(27)34-32(36)35-30(37)23-9-5-2-6-10-23/h1-15,17,19,26,29H,16,18,20H2,(H,34,35,37). The number of hydrogen-bond acceptors (Lipinski definition) is 4. The number of carbonyl (C=O) groups excluding carboxylic acids is 1. The van der Waals surface area contributed by atoms with Crippen molar-refractivity contribution in [2.45, 2.75) is 31.6 Å². The lowest BCUT2D eigenvalue weighted by molar-refractivity contribution is 0.0347. The van der Waals surface area contributed by atoms with E-state index in [1.165, 1.54) is 4.57 Å². The number of ether oxygens (including phenoxy) is 1. The molecule has 1 aliphatic heterocycles. The number of anilines is 1. The molecule has 0 bridgehead atoms. The molecule has 6 rings (SSSR count). The third-order valence-electron chi connectivity index (χ3n) is 7.06. The Labute approximate surface area is 230 Å². The van der Waals surface area contributed by atoms with Crippen molar-refractivity contribution in [2.24, 2.45) is 0 Å². The van der Waals surface area contributed by atoms with Crippen molar-refractivity contribution in [3.8, 4) is 11.1 Å². The zero-order chi connectivity index (χ0) is 26.8. The minimum atomic E-state index is -0.332. The van der Waals surface area contributed by atoms with Crippen LogP contribution in [0.5, 0.6) is 0 Å². The molecule has 7 heteroatoms. The van der Waals surface area contributed by atoms with Crippen LogP contribution in [-0.4, -0.2) is 21.6 Å². The van der Waals surface area contributed by atoms with Crippen LogP contribution < -0.4 is 10.9 Å². The van der Waals surface area contributed by atoms with Gasteiger partial charge in [-0.25, -0.2) is 4.98 Å². The van der Waals surface area contributed by atoms with Crippen LogP contribution in [0.15, 0.2) is 108 Å².